The standard InChI is InChI=1S/C26H27FN3O9P/c1-17(23(33)36-15-18-9-5-3-6-10-18)30(39-19-11-7-4-8-12-19)40(35)37-16-20-22(32)26(2,27)24(38-20)29-14-13-21(31)28-25(29)34/h3-14,17,20,22,24,32H,15-16H2,1-2H3/p+1/t17?,20-,22-,24-,26-/m1/s1. The Balaban J connectivity index is 1.46. The highest BCUT2D eigenvalue weighted by molar-refractivity contribution is 7.36. The summed E-state index contributed by atoms with van der Waals surface area (Å²) >= 11 is 0. The van der Waals surface area contributed by atoms with Crippen LogP contribution >= 0.6 is 8.18 Å². The van der Waals surface area contributed by atoms with Crippen LogP contribution in [0.2, 0.25) is 0 Å². The van der Waals surface area contributed by atoms with Gasteiger partial charge in [-0.2, -0.15) is 0 Å². The van der Waals surface area contributed by atoms with Crippen molar-refractivity contribution < 1.29 is 37.7 Å². The lowest BCUT2D eigenvalue weighted by molar-refractivity contribution is -0.156. The van der Waals surface area contributed by atoms with Crippen molar-refractivity contribution in [2.45, 2.75) is 50.6 Å². The number of para-hydroxylation sites is 1. The minimum absolute atomic E-state index is 0.0243. The lowest BCUT2D eigenvalue weighted by atomic mass is 9.98. The van der Waals surface area contributed by atoms with Gasteiger partial charge in [0.2, 0.25) is 0 Å². The molecule has 12 nitrogen and oxygen atoms in total. The highest BCUT2D eigenvalue weighted by Gasteiger charge is 2.56. The number of esters is 1. The molecule has 0 saturated carbocycles. The molecule has 212 valence electrons. The van der Waals surface area contributed by atoms with Crippen molar-refractivity contribution in [2.75, 3.05) is 6.61 Å². The van der Waals surface area contributed by atoms with Crippen LogP contribution < -0.4 is 16.1 Å². The van der Waals surface area contributed by atoms with Crippen LogP contribution in [-0.2, 0) is 30.0 Å². The Hall–Kier alpha value is -3.74. The average molecular weight is 576 g/mol. The van der Waals surface area contributed by atoms with Gasteiger partial charge in [0.05, 0.1) is 0 Å². The number of H-pyrrole nitrogens is 1. The van der Waals surface area contributed by atoms with Gasteiger partial charge in [-0.3, -0.25) is 19.1 Å². The van der Waals surface area contributed by atoms with Gasteiger partial charge in [-0.15, -0.1) is 4.52 Å². The molecule has 0 bridgehead atoms. The van der Waals surface area contributed by atoms with Crippen molar-refractivity contribution in [3.63, 3.8) is 0 Å². The van der Waals surface area contributed by atoms with Crippen LogP contribution in [-0.4, -0.2) is 56.0 Å². The van der Waals surface area contributed by atoms with Gasteiger partial charge in [-0.1, -0.05) is 48.5 Å². The fourth-order valence-corrected chi connectivity index (χ4v) is 4.87. The molecular weight excluding hydrogens is 548 g/mol. The van der Waals surface area contributed by atoms with E-state index in [0.29, 0.717) is 0 Å². The normalized spacial score (nSPS) is 23.5. The zero-order valence-electron chi connectivity index (χ0n) is 21.6. The molecular formula is C26H28FN3O9P+. The highest BCUT2D eigenvalue weighted by Crippen LogP contribution is 2.42. The molecule has 0 spiro atoms. The number of hydrogen-bond acceptors (Lipinski definition) is 9. The maximum absolute atomic E-state index is 15.5. The summed E-state index contributed by atoms with van der Waals surface area (Å²) in [5.74, 6) is -0.499. The summed E-state index contributed by atoms with van der Waals surface area (Å²) in [6, 6.07) is 17.0. The molecule has 3 aromatic rings. The van der Waals surface area contributed by atoms with E-state index in [1.807, 2.05) is 11.1 Å². The SMILES string of the molecule is CC(C(=O)OCc1ccccc1)N(Oc1ccccc1)[P+](=O)OC[C@H]1O[C@@H](n2ccc(=O)[nH]c2=O)[C@](C)(F)[C@@H]1O. The summed E-state index contributed by atoms with van der Waals surface area (Å²) in [6.45, 7) is 1.81. The zero-order chi connectivity index (χ0) is 28.9. The second kappa shape index (κ2) is 12.6. The van der Waals surface area contributed by atoms with Crippen molar-refractivity contribution in [3.05, 3.63) is 99.3 Å². The first-order valence-corrected chi connectivity index (χ1v) is 13.4. The topological polar surface area (TPSA) is 149 Å². The summed E-state index contributed by atoms with van der Waals surface area (Å²) in [5, 5.41) is 10.6. The molecule has 6 atom stereocenters. The summed E-state index contributed by atoms with van der Waals surface area (Å²) in [5.41, 5.74) is -3.35. The lowest BCUT2D eigenvalue weighted by Crippen LogP contribution is -2.43. The Bertz CT molecular complexity index is 1430. The van der Waals surface area contributed by atoms with Crippen LogP contribution in [0.3, 0.4) is 0 Å². The molecule has 0 aliphatic carbocycles. The maximum Gasteiger partial charge on any atom is 0.653 e. The molecule has 1 aliphatic rings. The number of aliphatic hydroxyl groups excluding tert-OH is 1. The molecule has 0 radical (unpaired) electrons. The maximum atomic E-state index is 15.5. The molecule has 40 heavy (non-hydrogen) atoms. The number of ether oxygens (including phenoxy) is 2. The molecule has 1 saturated heterocycles. The average Bonchev–Trinajstić information content (AvgIpc) is 3.17. The molecule has 1 fully saturated rings. The number of aromatic amines is 1. The van der Waals surface area contributed by atoms with Crippen LogP contribution in [0, 0.1) is 0 Å². The Morgan fingerprint density at radius 1 is 1.18 bits per heavy atom. The number of carbonyl (C=O) groups excluding carboxylic acids is 1. The Morgan fingerprint density at radius 3 is 2.48 bits per heavy atom. The van der Waals surface area contributed by atoms with E-state index in [2.05, 4.69) is 0 Å². The Kier molecular flexibility index (Phi) is 9.23. The predicted octanol–water partition coefficient (Wildman–Crippen LogP) is 2.63. The van der Waals surface area contributed by atoms with E-state index in [-0.39, 0.29) is 12.4 Å². The molecule has 0 amide bonds. The quantitative estimate of drug-likeness (QED) is 0.198. The van der Waals surface area contributed by atoms with Crippen molar-refractivity contribution in [1.82, 2.24) is 14.4 Å². The molecule has 2 aromatic carbocycles. The van der Waals surface area contributed by atoms with Crippen LogP contribution in [0.1, 0.15) is 25.6 Å². The fraction of sp³-hybridized carbons (Fsp3) is 0.346. The van der Waals surface area contributed by atoms with Gasteiger partial charge in [0, 0.05) is 12.3 Å². The van der Waals surface area contributed by atoms with Gasteiger partial charge in [0.15, 0.2) is 23.7 Å². The van der Waals surface area contributed by atoms with Gasteiger partial charge in [-0.05, 0) is 36.1 Å². The van der Waals surface area contributed by atoms with Crippen molar-refractivity contribution >= 4 is 14.1 Å². The summed E-state index contributed by atoms with van der Waals surface area (Å²) in [4.78, 5) is 44.8. The number of benzene rings is 2. The lowest BCUT2D eigenvalue weighted by Gasteiger charge is -2.24. The van der Waals surface area contributed by atoms with Crippen LogP contribution in [0.5, 0.6) is 5.75 Å². The van der Waals surface area contributed by atoms with Crippen LogP contribution in [0.4, 0.5) is 4.39 Å². The zero-order valence-corrected chi connectivity index (χ0v) is 22.5. The van der Waals surface area contributed by atoms with Gasteiger partial charge >= 0.3 is 19.8 Å². The number of halogens is 1. The van der Waals surface area contributed by atoms with E-state index >= 15 is 4.39 Å². The van der Waals surface area contributed by atoms with Gasteiger partial charge < -0.3 is 19.4 Å². The molecule has 2 unspecified atom stereocenters. The van der Waals surface area contributed by atoms with E-state index in [0.717, 1.165) is 34.2 Å². The van der Waals surface area contributed by atoms with E-state index in [9.17, 15) is 24.1 Å². The first-order valence-electron chi connectivity index (χ1n) is 12.2. The van der Waals surface area contributed by atoms with Crippen molar-refractivity contribution in [3.8, 4) is 5.75 Å². The number of hydroxylamine groups is 1. The van der Waals surface area contributed by atoms with Gasteiger partial charge in [0.25, 0.3) is 5.56 Å². The smallest absolute Gasteiger partial charge is 0.459 e. The number of carbonyl (C=O) groups is 1. The first-order chi connectivity index (χ1) is 19.1. The molecule has 14 heteroatoms. The number of alkyl halides is 1. The number of rotatable bonds is 11. The molecule has 1 aromatic heterocycles. The van der Waals surface area contributed by atoms with Gasteiger partial charge in [0.1, 0.15) is 30.3 Å². The monoisotopic (exact) mass is 576 g/mol. The summed E-state index contributed by atoms with van der Waals surface area (Å²) in [6.07, 6.45) is -3.73. The number of nitrogens with zero attached hydrogens (tertiary/aromatic N) is 2. The number of aromatic nitrogens is 2. The molecule has 1 aliphatic heterocycles. The third-order valence-electron chi connectivity index (χ3n) is 6.17. The fourth-order valence-electron chi connectivity index (χ4n) is 3.94. The Labute approximate surface area is 228 Å². The third-order valence-corrected chi connectivity index (χ3v) is 7.29. The summed E-state index contributed by atoms with van der Waals surface area (Å²) < 4.78 is 45.8. The van der Waals surface area contributed by atoms with Crippen molar-refractivity contribution in [2.24, 2.45) is 0 Å². The van der Waals surface area contributed by atoms with Crippen molar-refractivity contribution in [1.29, 1.82) is 0 Å². The van der Waals surface area contributed by atoms with E-state index in [1.165, 1.54) is 6.92 Å². The van der Waals surface area contributed by atoms with E-state index in [4.69, 9.17) is 18.8 Å². The van der Waals surface area contributed by atoms with Crippen LogP contribution in [0.25, 0.3) is 0 Å². The molecule has 4 rings (SSSR count). The minimum atomic E-state index is -2.92. The van der Waals surface area contributed by atoms with E-state index < -0.39 is 62.2 Å². The third kappa shape index (κ3) is 6.69. The second-order valence-electron chi connectivity index (χ2n) is 9.15. The molecule has 2 heterocycles. The Morgan fingerprint density at radius 2 is 1.82 bits per heavy atom. The van der Waals surface area contributed by atoms with Crippen LogP contribution in [0.15, 0.2) is 82.5 Å². The minimum Gasteiger partial charge on any atom is -0.459 e. The summed E-state index contributed by atoms with van der Waals surface area (Å²) in [7, 11) is -2.92. The largest absolute Gasteiger partial charge is 0.653 e. The first kappa shape index (κ1) is 29.2. The predicted molar refractivity (Wildman–Crippen MR) is 139 cm³/mol. The molecule has 2 N–H and O–H groups in total. The van der Waals surface area contributed by atoms with Gasteiger partial charge in [-0.25, -0.2) is 9.18 Å². The van der Waals surface area contributed by atoms with E-state index in [1.54, 1.807) is 54.6 Å². The number of hydrogen-bond donors (Lipinski definition) is 2. The highest BCUT2D eigenvalue weighted by atomic mass is 31.1. The number of aliphatic hydroxyl groups is 1. The second-order valence-corrected chi connectivity index (χ2v) is 10.3. The number of nitrogens with one attached hydrogen (secondary N) is 1.